The number of nitrogens with one attached hydrogen (secondary N) is 1. The van der Waals surface area contributed by atoms with Crippen LogP contribution in [0.25, 0.3) is 0 Å². The predicted octanol–water partition coefficient (Wildman–Crippen LogP) is 2.74. The molecule has 0 bridgehead atoms. The van der Waals surface area contributed by atoms with E-state index < -0.39 is 0 Å². The molecule has 3 rings (SSSR count). The Morgan fingerprint density at radius 1 is 1.13 bits per heavy atom. The Balaban J connectivity index is 1.43. The van der Waals surface area contributed by atoms with Crippen LogP contribution >= 0.6 is 11.6 Å². The maximum atomic E-state index is 6.31. The molecule has 0 spiro atoms. The number of halogens is 1. The maximum absolute atomic E-state index is 6.31. The Morgan fingerprint density at radius 3 is 2.57 bits per heavy atom. The van der Waals surface area contributed by atoms with Crippen molar-refractivity contribution in [1.82, 2.24) is 25.1 Å². The van der Waals surface area contributed by atoms with Gasteiger partial charge in [0.2, 0.25) is 5.95 Å². The molecule has 1 N–H and O–H groups in total. The van der Waals surface area contributed by atoms with Gasteiger partial charge in [-0.2, -0.15) is 0 Å². The second-order valence-electron chi connectivity index (χ2n) is 7.41. The Bertz CT molecular complexity index is 791. The fourth-order valence-electron chi connectivity index (χ4n) is 3.53. The van der Waals surface area contributed by atoms with E-state index in [0.717, 1.165) is 81.3 Å². The maximum Gasteiger partial charge on any atom is 0.225 e. The van der Waals surface area contributed by atoms with Crippen molar-refractivity contribution in [3.63, 3.8) is 0 Å². The summed E-state index contributed by atoms with van der Waals surface area (Å²) in [6, 6.07) is 9.81. The van der Waals surface area contributed by atoms with Crippen LogP contribution in [0.1, 0.15) is 18.9 Å². The number of piperazine rings is 1. The molecular formula is C22H32ClN7. The molecule has 0 radical (unpaired) electrons. The molecule has 2 aromatic rings. The van der Waals surface area contributed by atoms with E-state index in [1.165, 1.54) is 0 Å². The largest absolute Gasteiger partial charge is 0.357 e. The molecule has 162 valence electrons. The number of aromatic nitrogens is 2. The summed E-state index contributed by atoms with van der Waals surface area (Å²) in [5.41, 5.74) is 1.10. The SMILES string of the molecule is CCNC(=NCCCN1CCN(c2ncccn2)CC1)N(C)Cc1ccccc1Cl. The van der Waals surface area contributed by atoms with Crippen molar-refractivity contribution in [3.05, 3.63) is 53.3 Å². The minimum atomic E-state index is 0.731. The average molecular weight is 430 g/mol. The first kappa shape index (κ1) is 22.3. The number of anilines is 1. The van der Waals surface area contributed by atoms with Gasteiger partial charge in [-0.05, 0) is 31.0 Å². The number of hydrogen-bond donors (Lipinski definition) is 1. The first-order valence-corrected chi connectivity index (χ1v) is 11.0. The molecule has 0 atom stereocenters. The van der Waals surface area contributed by atoms with Crippen molar-refractivity contribution in [2.75, 3.05) is 57.8 Å². The van der Waals surface area contributed by atoms with Gasteiger partial charge in [0, 0.05) is 76.8 Å². The van der Waals surface area contributed by atoms with Gasteiger partial charge in [-0.1, -0.05) is 29.8 Å². The zero-order chi connectivity index (χ0) is 21.2. The van der Waals surface area contributed by atoms with Gasteiger partial charge in [0.15, 0.2) is 5.96 Å². The van der Waals surface area contributed by atoms with Crippen molar-refractivity contribution in [2.24, 2.45) is 4.99 Å². The zero-order valence-corrected chi connectivity index (χ0v) is 18.7. The Morgan fingerprint density at radius 2 is 1.87 bits per heavy atom. The molecule has 2 heterocycles. The summed E-state index contributed by atoms with van der Waals surface area (Å²) in [5, 5.41) is 4.18. The highest BCUT2D eigenvalue weighted by Gasteiger charge is 2.18. The third-order valence-electron chi connectivity index (χ3n) is 5.16. The number of nitrogens with zero attached hydrogens (tertiary/aromatic N) is 6. The van der Waals surface area contributed by atoms with Crippen LogP contribution in [0.5, 0.6) is 0 Å². The lowest BCUT2D eigenvalue weighted by Gasteiger charge is -2.34. The number of aliphatic imine (C=N–C) groups is 1. The lowest BCUT2D eigenvalue weighted by Crippen LogP contribution is -2.47. The summed E-state index contributed by atoms with van der Waals surface area (Å²) in [7, 11) is 2.05. The highest BCUT2D eigenvalue weighted by atomic mass is 35.5. The molecule has 1 saturated heterocycles. The molecule has 1 aliphatic heterocycles. The summed E-state index contributed by atoms with van der Waals surface area (Å²) in [4.78, 5) is 20.4. The first-order chi connectivity index (χ1) is 14.7. The molecule has 0 amide bonds. The van der Waals surface area contributed by atoms with Gasteiger partial charge in [-0.3, -0.25) is 9.89 Å². The lowest BCUT2D eigenvalue weighted by atomic mass is 10.2. The fraction of sp³-hybridized carbons (Fsp3) is 0.500. The van der Waals surface area contributed by atoms with Gasteiger partial charge >= 0.3 is 0 Å². The lowest BCUT2D eigenvalue weighted by molar-refractivity contribution is 0.255. The van der Waals surface area contributed by atoms with Crippen LogP contribution in [0, 0.1) is 0 Å². The molecule has 1 fully saturated rings. The molecule has 0 unspecified atom stereocenters. The second-order valence-corrected chi connectivity index (χ2v) is 7.82. The van der Waals surface area contributed by atoms with E-state index in [-0.39, 0.29) is 0 Å². The van der Waals surface area contributed by atoms with Crippen LogP contribution in [0.4, 0.5) is 5.95 Å². The quantitative estimate of drug-likeness (QED) is 0.395. The smallest absolute Gasteiger partial charge is 0.225 e. The molecule has 7 nitrogen and oxygen atoms in total. The third kappa shape index (κ3) is 6.57. The van der Waals surface area contributed by atoms with Crippen LogP contribution < -0.4 is 10.2 Å². The van der Waals surface area contributed by atoms with Crippen LogP contribution in [-0.4, -0.2) is 78.6 Å². The Labute approximate surface area is 184 Å². The van der Waals surface area contributed by atoms with E-state index >= 15 is 0 Å². The van der Waals surface area contributed by atoms with E-state index in [2.05, 4.69) is 50.0 Å². The topological polar surface area (TPSA) is 59.9 Å². The molecule has 0 aliphatic carbocycles. The van der Waals surface area contributed by atoms with E-state index in [0.29, 0.717) is 0 Å². The van der Waals surface area contributed by atoms with E-state index in [1.54, 1.807) is 12.4 Å². The molecule has 1 aliphatic rings. The first-order valence-electron chi connectivity index (χ1n) is 10.6. The molecular weight excluding hydrogens is 398 g/mol. The minimum absolute atomic E-state index is 0.731. The van der Waals surface area contributed by atoms with E-state index in [4.69, 9.17) is 16.6 Å². The monoisotopic (exact) mass is 429 g/mol. The van der Waals surface area contributed by atoms with Crippen LogP contribution in [0.2, 0.25) is 5.02 Å². The number of rotatable bonds is 8. The highest BCUT2D eigenvalue weighted by molar-refractivity contribution is 6.31. The predicted molar refractivity (Wildman–Crippen MR) is 124 cm³/mol. The minimum Gasteiger partial charge on any atom is -0.357 e. The number of benzene rings is 1. The van der Waals surface area contributed by atoms with Gasteiger partial charge in [-0.15, -0.1) is 0 Å². The fourth-order valence-corrected chi connectivity index (χ4v) is 3.73. The number of hydrogen-bond acceptors (Lipinski definition) is 5. The van der Waals surface area contributed by atoms with Crippen LogP contribution in [0.3, 0.4) is 0 Å². The zero-order valence-electron chi connectivity index (χ0n) is 18.0. The van der Waals surface area contributed by atoms with Crippen molar-refractivity contribution >= 4 is 23.5 Å². The van der Waals surface area contributed by atoms with Crippen molar-refractivity contribution < 1.29 is 0 Å². The third-order valence-corrected chi connectivity index (χ3v) is 5.53. The Kier molecular flexibility index (Phi) is 8.71. The summed E-state index contributed by atoms with van der Waals surface area (Å²) in [5.74, 6) is 1.75. The average Bonchev–Trinajstić information content (AvgIpc) is 2.78. The molecule has 1 aromatic carbocycles. The summed E-state index contributed by atoms with van der Waals surface area (Å²) in [6.07, 6.45) is 4.64. The number of guanidine groups is 1. The molecule has 8 heteroatoms. The van der Waals surface area contributed by atoms with Crippen molar-refractivity contribution in [1.29, 1.82) is 0 Å². The van der Waals surface area contributed by atoms with Crippen LogP contribution in [-0.2, 0) is 6.54 Å². The van der Waals surface area contributed by atoms with Gasteiger partial charge < -0.3 is 15.1 Å². The summed E-state index contributed by atoms with van der Waals surface area (Å²) >= 11 is 6.31. The molecule has 30 heavy (non-hydrogen) atoms. The van der Waals surface area contributed by atoms with Gasteiger partial charge in [0.05, 0.1) is 0 Å². The van der Waals surface area contributed by atoms with Gasteiger partial charge in [0.25, 0.3) is 0 Å². The van der Waals surface area contributed by atoms with Gasteiger partial charge in [0.1, 0.15) is 0 Å². The second kappa shape index (κ2) is 11.7. The van der Waals surface area contributed by atoms with E-state index in [1.807, 2.05) is 24.3 Å². The summed E-state index contributed by atoms with van der Waals surface area (Å²) in [6.45, 7) is 9.53. The highest BCUT2D eigenvalue weighted by Crippen LogP contribution is 2.16. The Hall–Kier alpha value is -2.38. The molecule has 0 saturated carbocycles. The van der Waals surface area contributed by atoms with Crippen molar-refractivity contribution in [2.45, 2.75) is 19.9 Å². The normalized spacial score (nSPS) is 15.3. The van der Waals surface area contributed by atoms with Crippen molar-refractivity contribution in [3.8, 4) is 0 Å². The van der Waals surface area contributed by atoms with Gasteiger partial charge in [-0.25, -0.2) is 9.97 Å². The summed E-state index contributed by atoms with van der Waals surface area (Å²) < 4.78 is 0. The van der Waals surface area contributed by atoms with E-state index in [9.17, 15) is 0 Å². The molecule has 1 aromatic heterocycles. The standard InChI is InChI=1S/C22H32ClN7/c1-3-24-21(28(2)18-19-8-4-5-9-20(19)23)25-12-7-13-29-14-16-30(17-15-29)22-26-10-6-11-27-22/h4-6,8-11H,3,7,12-18H2,1-2H3,(H,24,25). The van der Waals surface area contributed by atoms with Crippen LogP contribution in [0.15, 0.2) is 47.7 Å².